The summed E-state index contributed by atoms with van der Waals surface area (Å²) in [6.07, 6.45) is 1.46. The van der Waals surface area contributed by atoms with E-state index in [0.29, 0.717) is 11.8 Å². The summed E-state index contributed by atoms with van der Waals surface area (Å²) in [7, 11) is 0. The van der Waals surface area contributed by atoms with E-state index in [2.05, 4.69) is 138 Å². The molecule has 0 saturated heterocycles. The molecule has 4 saturated carbocycles. The molecule has 18 atom stereocenters. The maximum absolute atomic E-state index is 2.71. The van der Waals surface area contributed by atoms with Gasteiger partial charge in [0.25, 0.3) is 0 Å². The van der Waals surface area contributed by atoms with Gasteiger partial charge < -0.3 is 0 Å². The van der Waals surface area contributed by atoms with E-state index in [9.17, 15) is 0 Å². The first kappa shape index (κ1) is 39.1. The molecule has 2 aromatic carbocycles. The van der Waals surface area contributed by atoms with E-state index >= 15 is 0 Å². The minimum atomic E-state index is 0.673. The maximum atomic E-state index is 2.71. The SMILES string of the molecule is Cc1c(C)c(C)c(C2C(C)C(C)C(C)C3C(CC4C(C)C(C)C5C(c6c(C)c(C)c(C)c(C)c6C)C(C)C(C)C(C)C45)C(C)C(C)C23)c(C)c1C. The van der Waals surface area contributed by atoms with Crippen molar-refractivity contribution in [2.45, 2.75) is 157 Å². The molecule has 2 aromatic rings. The Hall–Kier alpha value is -1.56. The van der Waals surface area contributed by atoms with Crippen molar-refractivity contribution in [2.75, 3.05) is 0 Å². The zero-order valence-electron chi connectivity index (χ0n) is 37.1. The topological polar surface area (TPSA) is 0 Å². The first-order chi connectivity index (χ1) is 23.7. The predicted molar refractivity (Wildman–Crippen MR) is 223 cm³/mol. The van der Waals surface area contributed by atoms with Crippen LogP contribution in [-0.4, -0.2) is 0 Å². The minimum absolute atomic E-state index is 0.673. The highest BCUT2D eigenvalue weighted by atomic mass is 14.7. The van der Waals surface area contributed by atoms with Crippen LogP contribution in [0.5, 0.6) is 0 Å². The van der Waals surface area contributed by atoms with Gasteiger partial charge in [0.15, 0.2) is 0 Å². The number of benzene rings is 2. The fraction of sp³-hybridized carbons (Fsp3) is 0.765. The second-order valence-corrected chi connectivity index (χ2v) is 20.6. The van der Waals surface area contributed by atoms with E-state index in [0.717, 1.165) is 94.7 Å². The monoisotopic (exact) mass is 693 g/mol. The Kier molecular flexibility index (Phi) is 10.5. The lowest BCUT2D eigenvalue weighted by atomic mass is 9.52. The molecule has 51 heavy (non-hydrogen) atoms. The van der Waals surface area contributed by atoms with E-state index in [1.165, 1.54) is 17.5 Å². The van der Waals surface area contributed by atoms with Crippen LogP contribution in [0.3, 0.4) is 0 Å². The van der Waals surface area contributed by atoms with Gasteiger partial charge in [-0.1, -0.05) is 69.2 Å². The van der Waals surface area contributed by atoms with Crippen LogP contribution in [0, 0.1) is 164 Å². The van der Waals surface area contributed by atoms with E-state index < -0.39 is 0 Å². The molecule has 0 radical (unpaired) electrons. The molecule has 0 heterocycles. The minimum Gasteiger partial charge on any atom is -0.0620 e. The number of rotatable bonds is 4. The molecule has 0 bridgehead atoms. The van der Waals surface area contributed by atoms with Gasteiger partial charge in [0.1, 0.15) is 0 Å². The van der Waals surface area contributed by atoms with Gasteiger partial charge in [0.05, 0.1) is 0 Å². The van der Waals surface area contributed by atoms with Crippen LogP contribution in [0.15, 0.2) is 0 Å². The van der Waals surface area contributed by atoms with Crippen molar-refractivity contribution in [2.24, 2.45) is 94.7 Å². The second kappa shape index (κ2) is 13.6. The summed E-state index contributed by atoms with van der Waals surface area (Å²) in [5.41, 5.74) is 19.2. The third-order valence-electron chi connectivity index (χ3n) is 19.9. The fourth-order valence-electron chi connectivity index (χ4n) is 15.1. The Bertz CT molecular complexity index is 1470. The van der Waals surface area contributed by atoms with Gasteiger partial charge in [-0.05, 0) is 249 Å². The van der Waals surface area contributed by atoms with Gasteiger partial charge in [0.2, 0.25) is 0 Å². The summed E-state index contributed by atoms with van der Waals surface area (Å²) in [5, 5.41) is 0. The van der Waals surface area contributed by atoms with Gasteiger partial charge in [-0.2, -0.15) is 0 Å². The summed E-state index contributed by atoms with van der Waals surface area (Å²) in [6.45, 7) is 51.0. The molecule has 6 rings (SSSR count). The van der Waals surface area contributed by atoms with Crippen molar-refractivity contribution in [3.8, 4) is 0 Å². The molecule has 0 aliphatic heterocycles. The first-order valence-corrected chi connectivity index (χ1v) is 21.8. The Morgan fingerprint density at radius 2 is 0.490 bits per heavy atom. The average Bonchev–Trinajstić information content (AvgIpc) is 3.49. The van der Waals surface area contributed by atoms with Gasteiger partial charge in [-0.3, -0.25) is 0 Å². The highest BCUT2D eigenvalue weighted by Gasteiger charge is 2.61. The lowest BCUT2D eigenvalue weighted by molar-refractivity contribution is 0.000812. The van der Waals surface area contributed by atoms with Crippen molar-refractivity contribution in [1.82, 2.24) is 0 Å². The summed E-state index contributed by atoms with van der Waals surface area (Å²) in [6, 6.07) is 0. The largest absolute Gasteiger partial charge is 0.0620 e. The van der Waals surface area contributed by atoms with Crippen LogP contribution < -0.4 is 0 Å². The number of hydrogen-bond acceptors (Lipinski definition) is 0. The van der Waals surface area contributed by atoms with E-state index in [4.69, 9.17) is 0 Å². The van der Waals surface area contributed by atoms with Crippen LogP contribution in [0.25, 0.3) is 0 Å². The molecule has 0 N–H and O–H groups in total. The Labute approximate surface area is 317 Å². The predicted octanol–water partition coefficient (Wildman–Crippen LogP) is 14.1. The third-order valence-corrected chi connectivity index (χ3v) is 19.9. The normalized spacial score (nSPS) is 43.8. The van der Waals surface area contributed by atoms with Crippen LogP contribution in [0.2, 0.25) is 0 Å². The van der Waals surface area contributed by atoms with E-state index in [1.807, 2.05) is 0 Å². The van der Waals surface area contributed by atoms with Crippen molar-refractivity contribution >= 4 is 0 Å². The van der Waals surface area contributed by atoms with Crippen molar-refractivity contribution in [3.63, 3.8) is 0 Å². The summed E-state index contributed by atoms with van der Waals surface area (Å²) >= 11 is 0. The molecule has 4 aliphatic carbocycles. The van der Waals surface area contributed by atoms with Crippen LogP contribution in [0.4, 0.5) is 0 Å². The van der Waals surface area contributed by atoms with Crippen molar-refractivity contribution < 1.29 is 0 Å². The Morgan fingerprint density at radius 1 is 0.255 bits per heavy atom. The molecular formula is C51H80. The van der Waals surface area contributed by atoms with Gasteiger partial charge in [-0.25, -0.2) is 0 Å². The molecule has 0 spiro atoms. The molecule has 0 heteroatoms. The summed E-state index contributed by atoms with van der Waals surface area (Å²) in [5.74, 6) is 13.9. The molecule has 4 aliphatic rings. The molecular weight excluding hydrogens is 613 g/mol. The smallest absolute Gasteiger partial charge is 0.00943 e. The number of hydrogen-bond donors (Lipinski definition) is 0. The zero-order chi connectivity index (χ0) is 38.0. The lowest BCUT2D eigenvalue weighted by Crippen LogP contribution is -2.45. The molecule has 0 nitrogen and oxygen atoms in total. The van der Waals surface area contributed by atoms with Crippen molar-refractivity contribution in [1.29, 1.82) is 0 Å². The van der Waals surface area contributed by atoms with Crippen LogP contribution in [0.1, 0.15) is 154 Å². The molecule has 0 amide bonds. The fourth-order valence-corrected chi connectivity index (χ4v) is 15.1. The highest BCUT2D eigenvalue weighted by Crippen LogP contribution is 2.68. The molecule has 4 fully saturated rings. The standard InChI is InChI=1S/C51H80/c1-22-24(3)32(11)44(33(12)25(22)4)48-38(17)28(7)36(15)46-42(30(9)40(19)50(46)48)21-43-31(10)41(20)51-47(43)37(16)29(8)39(18)49(51)45-34(13)26(5)23(2)27(6)35(45)14/h28-31,36-43,46-51H,21H2,1-20H3. The van der Waals surface area contributed by atoms with Crippen LogP contribution in [-0.2, 0) is 0 Å². The Morgan fingerprint density at radius 3 is 0.765 bits per heavy atom. The van der Waals surface area contributed by atoms with Gasteiger partial charge in [0, 0.05) is 0 Å². The van der Waals surface area contributed by atoms with E-state index in [1.54, 1.807) is 55.6 Å². The highest BCUT2D eigenvalue weighted by molar-refractivity contribution is 5.53. The lowest BCUT2D eigenvalue weighted by Gasteiger charge is -2.52. The summed E-state index contributed by atoms with van der Waals surface area (Å²) in [4.78, 5) is 0. The van der Waals surface area contributed by atoms with E-state index in [-0.39, 0.29) is 0 Å². The maximum Gasteiger partial charge on any atom is -0.00943 e. The molecule has 0 aromatic heterocycles. The molecule has 284 valence electrons. The third kappa shape index (κ3) is 5.45. The second-order valence-electron chi connectivity index (χ2n) is 20.6. The quantitative estimate of drug-likeness (QED) is 0.299. The first-order valence-electron chi connectivity index (χ1n) is 21.8. The zero-order valence-corrected chi connectivity index (χ0v) is 37.1. The van der Waals surface area contributed by atoms with Crippen LogP contribution >= 0.6 is 0 Å². The molecule has 18 unspecified atom stereocenters. The van der Waals surface area contributed by atoms with Gasteiger partial charge >= 0.3 is 0 Å². The van der Waals surface area contributed by atoms with Gasteiger partial charge in [-0.15, -0.1) is 0 Å². The summed E-state index contributed by atoms with van der Waals surface area (Å²) < 4.78 is 0. The number of fused-ring (bicyclic) bond motifs is 2. The Balaban J connectivity index is 1.43. The average molecular weight is 693 g/mol. The van der Waals surface area contributed by atoms with Crippen molar-refractivity contribution in [3.05, 3.63) is 66.8 Å².